The van der Waals surface area contributed by atoms with Crippen LogP contribution < -0.4 is 5.32 Å². The maximum absolute atomic E-state index is 9.33. The van der Waals surface area contributed by atoms with E-state index < -0.39 is 0 Å². The van der Waals surface area contributed by atoms with E-state index >= 15 is 0 Å². The molecule has 0 saturated carbocycles. The first-order valence-corrected chi connectivity index (χ1v) is 7.85. The Hall–Kier alpha value is -1.34. The Labute approximate surface area is 132 Å². The van der Waals surface area contributed by atoms with Crippen molar-refractivity contribution in [1.82, 2.24) is 0 Å². The van der Waals surface area contributed by atoms with Crippen LogP contribution >= 0.6 is 35.0 Å². The molecule has 0 amide bonds. The van der Waals surface area contributed by atoms with Gasteiger partial charge in [-0.05, 0) is 36.9 Å². The molecule has 0 atom stereocenters. The lowest BCUT2D eigenvalue weighted by molar-refractivity contribution is 1.35. The van der Waals surface area contributed by atoms with Gasteiger partial charge in [0.05, 0.1) is 27.0 Å². The minimum atomic E-state index is 0.527. The van der Waals surface area contributed by atoms with Crippen LogP contribution in [0.4, 0.5) is 11.4 Å². The van der Waals surface area contributed by atoms with Gasteiger partial charge in [-0.3, -0.25) is 0 Å². The summed E-state index contributed by atoms with van der Waals surface area (Å²) in [5, 5.41) is 13.6. The van der Waals surface area contributed by atoms with Crippen LogP contribution in [0, 0.1) is 18.3 Å². The van der Waals surface area contributed by atoms with Crippen LogP contribution in [0.5, 0.6) is 0 Å². The van der Waals surface area contributed by atoms with Gasteiger partial charge in [0.25, 0.3) is 0 Å². The Kier molecular flexibility index (Phi) is 4.82. The summed E-state index contributed by atoms with van der Waals surface area (Å²) in [4.78, 5) is 0.914. The molecule has 2 rings (SSSR count). The van der Waals surface area contributed by atoms with E-state index in [1.54, 1.807) is 6.07 Å². The van der Waals surface area contributed by atoms with Gasteiger partial charge in [0.2, 0.25) is 0 Å². The number of nitrogens with zero attached hydrogens (tertiary/aromatic N) is 1. The van der Waals surface area contributed by atoms with Crippen LogP contribution in [0.3, 0.4) is 0 Å². The fourth-order valence-electron chi connectivity index (χ4n) is 1.83. The van der Waals surface area contributed by atoms with Gasteiger partial charge in [-0.25, -0.2) is 0 Å². The van der Waals surface area contributed by atoms with Gasteiger partial charge in [0.1, 0.15) is 6.07 Å². The summed E-state index contributed by atoms with van der Waals surface area (Å²) in [5.41, 5.74) is 2.85. The van der Waals surface area contributed by atoms with E-state index in [-0.39, 0.29) is 0 Å². The molecule has 2 nitrogen and oxygen atoms in total. The number of benzene rings is 2. The van der Waals surface area contributed by atoms with Gasteiger partial charge >= 0.3 is 0 Å². The van der Waals surface area contributed by atoms with E-state index in [2.05, 4.69) is 11.4 Å². The minimum absolute atomic E-state index is 0.527. The summed E-state index contributed by atoms with van der Waals surface area (Å²) in [6.07, 6.45) is 1.94. The second-order valence-corrected chi connectivity index (χ2v) is 5.81. The zero-order valence-corrected chi connectivity index (χ0v) is 13.3. The van der Waals surface area contributed by atoms with Crippen LogP contribution in [0.1, 0.15) is 11.1 Å². The molecule has 5 heteroatoms. The first-order valence-electron chi connectivity index (χ1n) is 5.87. The molecule has 2 aromatic rings. The molecule has 0 spiro atoms. The maximum Gasteiger partial charge on any atom is 0.103 e. The van der Waals surface area contributed by atoms with Crippen molar-refractivity contribution in [2.45, 2.75) is 11.8 Å². The summed E-state index contributed by atoms with van der Waals surface area (Å²) < 4.78 is 0. The van der Waals surface area contributed by atoms with Crippen molar-refractivity contribution < 1.29 is 0 Å². The maximum atomic E-state index is 9.33. The van der Waals surface area contributed by atoms with Crippen molar-refractivity contribution in [1.29, 1.82) is 5.26 Å². The SMILES string of the molecule is CSc1cccc(Nc2c(Cl)ccc(C)c2Cl)c1C#N. The summed E-state index contributed by atoms with van der Waals surface area (Å²) in [6.45, 7) is 1.91. The molecule has 0 aliphatic carbocycles. The number of thioether (sulfide) groups is 1. The highest BCUT2D eigenvalue weighted by Crippen LogP contribution is 2.37. The first kappa shape index (κ1) is 15.1. The molecule has 0 radical (unpaired) electrons. The van der Waals surface area contributed by atoms with Crippen LogP contribution in [0.2, 0.25) is 10.0 Å². The molecule has 0 saturated heterocycles. The second kappa shape index (κ2) is 6.41. The van der Waals surface area contributed by atoms with Gasteiger partial charge in [-0.2, -0.15) is 5.26 Å². The molecule has 0 aliphatic rings. The Bertz CT molecular complexity index is 693. The molecule has 0 unspecified atom stereocenters. The molecule has 102 valence electrons. The van der Waals surface area contributed by atoms with E-state index in [1.807, 2.05) is 37.4 Å². The smallest absolute Gasteiger partial charge is 0.103 e. The van der Waals surface area contributed by atoms with Crippen molar-refractivity contribution in [3.05, 3.63) is 51.5 Å². The van der Waals surface area contributed by atoms with E-state index in [0.717, 1.165) is 10.5 Å². The Morgan fingerprint density at radius 3 is 2.60 bits per heavy atom. The number of nitrogens with one attached hydrogen (secondary N) is 1. The van der Waals surface area contributed by atoms with Gasteiger partial charge in [-0.1, -0.05) is 35.3 Å². The summed E-state index contributed by atoms with van der Waals surface area (Å²) in [5.74, 6) is 0. The normalized spacial score (nSPS) is 10.2. The Morgan fingerprint density at radius 1 is 1.20 bits per heavy atom. The van der Waals surface area contributed by atoms with Gasteiger partial charge in [0.15, 0.2) is 0 Å². The molecular weight excluding hydrogens is 311 g/mol. The predicted molar refractivity (Wildman–Crippen MR) is 87.4 cm³/mol. The quantitative estimate of drug-likeness (QED) is 0.743. The average molecular weight is 323 g/mol. The number of hydrogen-bond acceptors (Lipinski definition) is 3. The molecule has 2 aromatic carbocycles. The van der Waals surface area contributed by atoms with E-state index in [4.69, 9.17) is 23.2 Å². The molecular formula is C15H12Cl2N2S. The van der Waals surface area contributed by atoms with E-state index in [1.165, 1.54) is 11.8 Å². The molecule has 0 fully saturated rings. The van der Waals surface area contributed by atoms with Crippen LogP contribution in [-0.4, -0.2) is 6.26 Å². The number of rotatable bonds is 3. The fraction of sp³-hybridized carbons (Fsp3) is 0.133. The van der Waals surface area contributed by atoms with Crippen LogP contribution in [-0.2, 0) is 0 Å². The molecule has 0 aromatic heterocycles. The Morgan fingerprint density at radius 2 is 1.95 bits per heavy atom. The second-order valence-electron chi connectivity index (χ2n) is 4.17. The Balaban J connectivity index is 2.52. The molecule has 0 aliphatic heterocycles. The number of anilines is 2. The molecule has 20 heavy (non-hydrogen) atoms. The van der Waals surface area contributed by atoms with Crippen molar-refractivity contribution >= 4 is 46.3 Å². The summed E-state index contributed by atoms with van der Waals surface area (Å²) in [6, 6.07) is 11.5. The molecule has 0 bridgehead atoms. The fourth-order valence-corrected chi connectivity index (χ4v) is 2.87. The third kappa shape index (κ3) is 2.88. The molecule has 1 N–H and O–H groups in total. The standard InChI is InChI=1S/C15H12Cl2N2S/c1-9-6-7-11(16)15(14(9)17)19-12-4-3-5-13(20-2)10(12)8-18/h3-7,19H,1-2H3. The van der Waals surface area contributed by atoms with Crippen molar-refractivity contribution in [2.24, 2.45) is 0 Å². The average Bonchev–Trinajstić information content (AvgIpc) is 2.47. The lowest BCUT2D eigenvalue weighted by Crippen LogP contribution is -1.97. The highest BCUT2D eigenvalue weighted by atomic mass is 35.5. The highest BCUT2D eigenvalue weighted by Gasteiger charge is 2.12. The zero-order valence-electron chi connectivity index (χ0n) is 11.0. The van der Waals surface area contributed by atoms with Gasteiger partial charge in [0, 0.05) is 4.90 Å². The van der Waals surface area contributed by atoms with Gasteiger partial charge in [-0.15, -0.1) is 11.8 Å². The number of hydrogen-bond donors (Lipinski definition) is 1. The monoisotopic (exact) mass is 322 g/mol. The third-order valence-electron chi connectivity index (χ3n) is 2.90. The van der Waals surface area contributed by atoms with Gasteiger partial charge < -0.3 is 5.32 Å². The van der Waals surface area contributed by atoms with E-state index in [0.29, 0.717) is 27.0 Å². The molecule has 0 heterocycles. The summed E-state index contributed by atoms with van der Waals surface area (Å²) >= 11 is 14.0. The third-order valence-corrected chi connectivity index (χ3v) is 4.48. The lowest BCUT2D eigenvalue weighted by Gasteiger charge is -2.14. The largest absolute Gasteiger partial charge is 0.352 e. The van der Waals surface area contributed by atoms with E-state index in [9.17, 15) is 5.26 Å². The number of aryl methyl sites for hydroxylation is 1. The lowest BCUT2D eigenvalue weighted by atomic mass is 10.1. The van der Waals surface area contributed by atoms with Crippen molar-refractivity contribution in [3.8, 4) is 6.07 Å². The van der Waals surface area contributed by atoms with Crippen LogP contribution in [0.15, 0.2) is 35.2 Å². The zero-order chi connectivity index (χ0) is 14.7. The topological polar surface area (TPSA) is 35.8 Å². The van der Waals surface area contributed by atoms with Crippen molar-refractivity contribution in [3.63, 3.8) is 0 Å². The van der Waals surface area contributed by atoms with Crippen molar-refractivity contribution in [2.75, 3.05) is 11.6 Å². The predicted octanol–water partition coefficient (Wildman–Crippen LogP) is 5.64. The number of halogens is 2. The first-order chi connectivity index (χ1) is 9.58. The van der Waals surface area contributed by atoms with Crippen LogP contribution in [0.25, 0.3) is 0 Å². The summed E-state index contributed by atoms with van der Waals surface area (Å²) in [7, 11) is 0. The minimum Gasteiger partial charge on any atom is -0.352 e. The number of nitriles is 1. The highest BCUT2D eigenvalue weighted by molar-refractivity contribution is 7.98.